The molecule has 0 saturated heterocycles. The van der Waals surface area contributed by atoms with E-state index in [1.807, 2.05) is 0 Å². The first-order valence-corrected chi connectivity index (χ1v) is 9.89. The molecule has 0 fully saturated rings. The second-order valence-electron chi connectivity index (χ2n) is 6.64. The number of hydrogen-bond acceptors (Lipinski definition) is 0. The van der Waals surface area contributed by atoms with Gasteiger partial charge in [-0.15, -0.1) is 0 Å². The number of hydrogen-bond donors (Lipinski definition) is 0. The molecule has 0 aliphatic heterocycles. The number of aryl methyl sites for hydroxylation is 4. The van der Waals surface area contributed by atoms with Gasteiger partial charge in [0.1, 0.15) is 0 Å². The maximum absolute atomic E-state index is 2.34. The lowest BCUT2D eigenvalue weighted by molar-refractivity contribution is 0.895. The molecule has 2 aromatic rings. The van der Waals surface area contributed by atoms with E-state index < -0.39 is 0 Å². The second-order valence-corrected chi connectivity index (χ2v) is 6.64. The third-order valence-corrected chi connectivity index (χ3v) is 4.17. The molecule has 0 spiro atoms. The highest BCUT2D eigenvalue weighted by atomic mass is 14.0. The van der Waals surface area contributed by atoms with Gasteiger partial charge in [-0.05, 0) is 47.9 Å². The van der Waals surface area contributed by atoms with Gasteiger partial charge in [0.15, 0.2) is 0 Å². The standard InChI is InChI=1S/2C12H18.CH4/c1-3-6-11-8-5-9-12(10-11)7-4-2;1-3-5-11-7-9-12(6-4-2)10-8-11;/h5,8-10H,3-4,6-7H2,1-2H3;7-10H,3-6H2,1-2H3;1H4. The fraction of sp³-hybridized carbons (Fsp3) is 0.520. The van der Waals surface area contributed by atoms with Crippen LogP contribution in [0.3, 0.4) is 0 Å². The predicted octanol–water partition coefficient (Wildman–Crippen LogP) is 7.82. The molecular formula is C25H40. The second kappa shape index (κ2) is 14.8. The fourth-order valence-electron chi connectivity index (χ4n) is 2.97. The lowest BCUT2D eigenvalue weighted by atomic mass is 10.0. The van der Waals surface area contributed by atoms with Crippen molar-refractivity contribution in [3.63, 3.8) is 0 Å². The van der Waals surface area contributed by atoms with Crippen molar-refractivity contribution in [2.45, 2.75) is 86.5 Å². The van der Waals surface area contributed by atoms with E-state index in [1.165, 1.54) is 73.6 Å². The van der Waals surface area contributed by atoms with Gasteiger partial charge in [0.05, 0.1) is 0 Å². The molecule has 0 aliphatic carbocycles. The molecule has 0 N–H and O–H groups in total. The van der Waals surface area contributed by atoms with Gasteiger partial charge >= 0.3 is 0 Å². The lowest BCUT2D eigenvalue weighted by Crippen LogP contribution is -1.87. The highest BCUT2D eigenvalue weighted by Gasteiger charge is 1.94. The van der Waals surface area contributed by atoms with Gasteiger partial charge in [0.2, 0.25) is 0 Å². The van der Waals surface area contributed by atoms with E-state index in [0.29, 0.717) is 0 Å². The summed E-state index contributed by atoms with van der Waals surface area (Å²) in [6.45, 7) is 8.90. The molecule has 0 radical (unpaired) electrons. The molecule has 0 nitrogen and oxygen atoms in total. The Balaban J connectivity index is 0.000000443. The van der Waals surface area contributed by atoms with Crippen LogP contribution >= 0.6 is 0 Å². The Bertz CT molecular complexity index is 490. The smallest absolute Gasteiger partial charge is 0.0281 e. The van der Waals surface area contributed by atoms with Crippen LogP contribution in [0.25, 0.3) is 0 Å². The van der Waals surface area contributed by atoms with E-state index in [2.05, 4.69) is 76.2 Å². The molecule has 0 unspecified atom stereocenters. The van der Waals surface area contributed by atoms with Gasteiger partial charge in [-0.2, -0.15) is 0 Å². The summed E-state index contributed by atoms with van der Waals surface area (Å²) in [6.07, 6.45) is 9.85. The molecule has 25 heavy (non-hydrogen) atoms. The molecule has 0 amide bonds. The van der Waals surface area contributed by atoms with Crippen molar-refractivity contribution in [2.24, 2.45) is 0 Å². The predicted molar refractivity (Wildman–Crippen MR) is 116 cm³/mol. The van der Waals surface area contributed by atoms with E-state index in [0.717, 1.165) is 0 Å². The first kappa shape index (κ1) is 23.4. The van der Waals surface area contributed by atoms with Crippen molar-refractivity contribution in [1.29, 1.82) is 0 Å². The maximum atomic E-state index is 2.34. The Labute approximate surface area is 157 Å². The summed E-state index contributed by atoms with van der Waals surface area (Å²) < 4.78 is 0. The van der Waals surface area contributed by atoms with Crippen LogP contribution in [0.2, 0.25) is 0 Å². The molecule has 0 heterocycles. The molecule has 0 atom stereocenters. The SMILES string of the molecule is C.CCCc1ccc(CCC)cc1.CCCc1cccc(CCC)c1. The summed E-state index contributed by atoms with van der Waals surface area (Å²) in [7, 11) is 0. The summed E-state index contributed by atoms with van der Waals surface area (Å²) in [6, 6.07) is 18.0. The van der Waals surface area contributed by atoms with E-state index in [4.69, 9.17) is 0 Å². The van der Waals surface area contributed by atoms with Gasteiger partial charge in [-0.1, -0.05) is 109 Å². The molecular weight excluding hydrogens is 300 g/mol. The van der Waals surface area contributed by atoms with E-state index >= 15 is 0 Å². The van der Waals surface area contributed by atoms with Crippen LogP contribution in [-0.2, 0) is 25.7 Å². The topological polar surface area (TPSA) is 0 Å². The number of benzene rings is 2. The minimum atomic E-state index is 0. The minimum Gasteiger partial charge on any atom is -0.0776 e. The monoisotopic (exact) mass is 340 g/mol. The van der Waals surface area contributed by atoms with Crippen molar-refractivity contribution < 1.29 is 0 Å². The van der Waals surface area contributed by atoms with Crippen LogP contribution in [-0.4, -0.2) is 0 Å². The third kappa shape index (κ3) is 10.1. The summed E-state index contributed by atoms with van der Waals surface area (Å²) in [4.78, 5) is 0. The minimum absolute atomic E-state index is 0. The van der Waals surface area contributed by atoms with Crippen LogP contribution < -0.4 is 0 Å². The van der Waals surface area contributed by atoms with E-state index in [1.54, 1.807) is 0 Å². The first-order chi connectivity index (χ1) is 11.7. The summed E-state index contributed by atoms with van der Waals surface area (Å²) in [5.41, 5.74) is 5.92. The average Bonchev–Trinajstić information content (AvgIpc) is 2.59. The number of rotatable bonds is 8. The third-order valence-electron chi connectivity index (χ3n) is 4.17. The van der Waals surface area contributed by atoms with Gasteiger partial charge in [0, 0.05) is 0 Å². The molecule has 0 aromatic heterocycles. The first-order valence-electron chi connectivity index (χ1n) is 9.89. The van der Waals surface area contributed by atoms with Gasteiger partial charge in [-0.3, -0.25) is 0 Å². The van der Waals surface area contributed by atoms with E-state index in [-0.39, 0.29) is 7.43 Å². The van der Waals surface area contributed by atoms with Crippen molar-refractivity contribution in [3.8, 4) is 0 Å². The van der Waals surface area contributed by atoms with Crippen molar-refractivity contribution in [3.05, 3.63) is 70.8 Å². The highest BCUT2D eigenvalue weighted by molar-refractivity contribution is 5.24. The van der Waals surface area contributed by atoms with E-state index in [9.17, 15) is 0 Å². The quantitative estimate of drug-likeness (QED) is 0.459. The Hall–Kier alpha value is -1.56. The van der Waals surface area contributed by atoms with Crippen LogP contribution in [0.4, 0.5) is 0 Å². The van der Waals surface area contributed by atoms with Crippen molar-refractivity contribution >= 4 is 0 Å². The van der Waals surface area contributed by atoms with Crippen LogP contribution in [0.1, 0.15) is 83.1 Å². The zero-order chi connectivity index (χ0) is 17.6. The zero-order valence-electron chi connectivity index (χ0n) is 16.3. The Morgan fingerprint density at radius 3 is 1.12 bits per heavy atom. The molecule has 140 valence electrons. The molecule has 0 heteroatoms. The molecule has 2 aromatic carbocycles. The summed E-state index contributed by atoms with van der Waals surface area (Å²) >= 11 is 0. The Morgan fingerprint density at radius 2 is 0.800 bits per heavy atom. The zero-order valence-corrected chi connectivity index (χ0v) is 16.3. The van der Waals surface area contributed by atoms with Gasteiger partial charge < -0.3 is 0 Å². The highest BCUT2D eigenvalue weighted by Crippen LogP contribution is 2.09. The molecule has 2 rings (SSSR count). The fourth-order valence-corrected chi connectivity index (χ4v) is 2.97. The Kier molecular flexibility index (Phi) is 13.8. The molecule has 0 saturated carbocycles. The van der Waals surface area contributed by atoms with Crippen molar-refractivity contribution in [2.75, 3.05) is 0 Å². The van der Waals surface area contributed by atoms with Crippen molar-refractivity contribution in [1.82, 2.24) is 0 Å². The summed E-state index contributed by atoms with van der Waals surface area (Å²) in [5, 5.41) is 0. The maximum Gasteiger partial charge on any atom is -0.0281 e. The largest absolute Gasteiger partial charge is 0.0776 e. The summed E-state index contributed by atoms with van der Waals surface area (Å²) in [5.74, 6) is 0. The Morgan fingerprint density at radius 1 is 0.480 bits per heavy atom. The van der Waals surface area contributed by atoms with Crippen LogP contribution in [0.5, 0.6) is 0 Å². The average molecular weight is 341 g/mol. The lowest BCUT2D eigenvalue weighted by Gasteiger charge is -2.02. The van der Waals surface area contributed by atoms with Crippen LogP contribution in [0.15, 0.2) is 48.5 Å². The molecule has 0 aliphatic rings. The van der Waals surface area contributed by atoms with Gasteiger partial charge in [0.25, 0.3) is 0 Å². The molecule has 0 bridgehead atoms. The van der Waals surface area contributed by atoms with Crippen LogP contribution in [0, 0.1) is 0 Å². The normalized spacial score (nSPS) is 9.76. The van der Waals surface area contributed by atoms with Gasteiger partial charge in [-0.25, -0.2) is 0 Å².